The van der Waals surface area contributed by atoms with Crippen molar-refractivity contribution >= 4 is 44.4 Å². The molecular formula is C26H30Br2O10. The molecule has 0 unspecified atom stereocenters. The summed E-state index contributed by atoms with van der Waals surface area (Å²) in [6.07, 6.45) is 6.80. The second-order valence-electron chi connectivity index (χ2n) is 7.23. The predicted octanol–water partition coefficient (Wildman–Crippen LogP) is 7.47. The van der Waals surface area contributed by atoms with Crippen LogP contribution in [0.2, 0.25) is 0 Å². The highest BCUT2D eigenvalue weighted by molar-refractivity contribution is 9.10. The van der Waals surface area contributed by atoms with E-state index in [4.69, 9.17) is 36.6 Å². The molecule has 0 amide bonds. The van der Waals surface area contributed by atoms with Gasteiger partial charge in [-0.1, -0.05) is 0 Å². The summed E-state index contributed by atoms with van der Waals surface area (Å²) >= 11 is 6.37. The quantitative estimate of drug-likeness (QED) is 0.139. The fraction of sp³-hybridized carbons (Fsp3) is 0.308. The summed E-state index contributed by atoms with van der Waals surface area (Å²) in [4.78, 5) is 19.8. The summed E-state index contributed by atoms with van der Waals surface area (Å²) in [6, 6.07) is 6.98. The van der Waals surface area contributed by atoms with E-state index in [1.54, 1.807) is 65.4 Å². The molecule has 0 spiro atoms. The van der Waals surface area contributed by atoms with Gasteiger partial charge in [-0.2, -0.15) is 0 Å². The van der Waals surface area contributed by atoms with Crippen LogP contribution in [-0.2, 0) is 18.9 Å². The Morgan fingerprint density at radius 2 is 1.00 bits per heavy atom. The van der Waals surface area contributed by atoms with E-state index in [0.29, 0.717) is 35.6 Å². The summed E-state index contributed by atoms with van der Waals surface area (Å²) in [5.74, 6) is 2.09. The number of aldehydes is 2. The Morgan fingerprint density at radius 3 is 1.29 bits per heavy atom. The smallest absolute Gasteiger partial charge is 0.216 e. The molecule has 0 N–H and O–H groups in total. The fourth-order valence-corrected chi connectivity index (χ4v) is 3.23. The summed E-state index contributed by atoms with van der Waals surface area (Å²) in [5, 5.41) is 0. The van der Waals surface area contributed by atoms with Crippen LogP contribution in [0.15, 0.2) is 75.9 Å². The molecule has 0 aromatic carbocycles. The standard InChI is InChI=1S/C8H12O3.C7H9BrO3.C6H6O2.C5H3BrO2/c1-6-4-7(11-5-6)8(9-2)10-3;1-9-7(10-2)6-3-5(8)4-11-6;1-5-2-6(3-7)8-4-5;6-4-1-5(2-7)8-3-4/h4-5,8H,1-3H3;3-4,7H,1-2H3;2-4H,1H3;1-3H. The highest BCUT2D eigenvalue weighted by Crippen LogP contribution is 2.22. The third-order valence-corrected chi connectivity index (χ3v) is 5.06. The van der Waals surface area contributed by atoms with E-state index in [1.165, 1.54) is 6.26 Å². The average molecular weight is 662 g/mol. The molecule has 0 saturated carbocycles. The monoisotopic (exact) mass is 660 g/mol. The van der Waals surface area contributed by atoms with Crippen molar-refractivity contribution in [3.05, 3.63) is 92.4 Å². The maximum Gasteiger partial charge on any atom is 0.216 e. The first kappa shape index (κ1) is 33.3. The van der Waals surface area contributed by atoms with Crippen molar-refractivity contribution in [2.75, 3.05) is 28.4 Å². The number of hydrogen-bond donors (Lipinski definition) is 0. The van der Waals surface area contributed by atoms with Gasteiger partial charge in [0.05, 0.1) is 21.5 Å². The molecule has 0 aliphatic heterocycles. The summed E-state index contributed by atoms with van der Waals surface area (Å²) in [7, 11) is 6.27. The number of rotatable bonds is 8. The molecule has 38 heavy (non-hydrogen) atoms. The van der Waals surface area contributed by atoms with Crippen LogP contribution in [0.5, 0.6) is 0 Å². The molecule has 10 nitrogen and oxygen atoms in total. The Hall–Kier alpha value is -2.74. The van der Waals surface area contributed by atoms with Gasteiger partial charge in [-0.3, -0.25) is 9.59 Å². The Morgan fingerprint density at radius 1 is 0.605 bits per heavy atom. The van der Waals surface area contributed by atoms with Crippen LogP contribution in [0.1, 0.15) is 56.3 Å². The second kappa shape index (κ2) is 18.5. The van der Waals surface area contributed by atoms with Crippen LogP contribution in [0, 0.1) is 13.8 Å². The van der Waals surface area contributed by atoms with Gasteiger partial charge in [0, 0.05) is 34.5 Å². The zero-order valence-electron chi connectivity index (χ0n) is 21.8. The fourth-order valence-electron chi connectivity index (χ4n) is 2.59. The number of furan rings is 4. The largest absolute Gasteiger partial charge is 0.464 e. The first-order chi connectivity index (χ1) is 18.2. The minimum Gasteiger partial charge on any atom is -0.464 e. The molecular weight excluding hydrogens is 632 g/mol. The van der Waals surface area contributed by atoms with Crippen LogP contribution >= 0.6 is 31.9 Å². The maximum absolute atomic E-state index is 9.93. The second-order valence-corrected chi connectivity index (χ2v) is 9.06. The van der Waals surface area contributed by atoms with E-state index in [-0.39, 0.29) is 6.29 Å². The van der Waals surface area contributed by atoms with Crippen LogP contribution in [0.4, 0.5) is 0 Å². The van der Waals surface area contributed by atoms with Crippen LogP contribution < -0.4 is 0 Å². The van der Waals surface area contributed by atoms with Crippen LogP contribution in [0.25, 0.3) is 0 Å². The topological polar surface area (TPSA) is 124 Å². The highest BCUT2D eigenvalue weighted by Gasteiger charge is 2.13. The average Bonchev–Trinajstić information content (AvgIpc) is 3.72. The van der Waals surface area contributed by atoms with Crippen LogP contribution in [-0.4, -0.2) is 41.0 Å². The normalized spacial score (nSPS) is 10.2. The van der Waals surface area contributed by atoms with Gasteiger partial charge < -0.3 is 36.6 Å². The summed E-state index contributed by atoms with van der Waals surface area (Å²) in [6.45, 7) is 3.83. The molecule has 0 aliphatic rings. The van der Waals surface area contributed by atoms with Crippen molar-refractivity contribution in [3.8, 4) is 0 Å². The number of halogens is 2. The Balaban J connectivity index is 0.000000256. The van der Waals surface area contributed by atoms with E-state index < -0.39 is 6.29 Å². The molecule has 4 aromatic rings. The third kappa shape index (κ3) is 12.2. The van der Waals surface area contributed by atoms with Crippen molar-refractivity contribution in [1.82, 2.24) is 0 Å². The molecule has 0 bridgehead atoms. The highest BCUT2D eigenvalue weighted by atomic mass is 79.9. The predicted molar refractivity (Wildman–Crippen MR) is 144 cm³/mol. The summed E-state index contributed by atoms with van der Waals surface area (Å²) in [5.41, 5.74) is 2.05. The van der Waals surface area contributed by atoms with E-state index in [2.05, 4.69) is 31.9 Å². The van der Waals surface area contributed by atoms with Crippen LogP contribution in [0.3, 0.4) is 0 Å². The Bertz CT molecular complexity index is 1090. The molecule has 0 saturated heterocycles. The Kier molecular flexibility index (Phi) is 16.2. The maximum atomic E-state index is 9.93. The number of hydrogen-bond acceptors (Lipinski definition) is 10. The Labute approximate surface area is 237 Å². The lowest BCUT2D eigenvalue weighted by Gasteiger charge is -2.08. The number of aryl methyl sites for hydroxylation is 2. The van der Waals surface area contributed by atoms with E-state index in [9.17, 15) is 9.59 Å². The minimum absolute atomic E-state index is 0.344. The molecule has 0 radical (unpaired) electrons. The van der Waals surface area contributed by atoms with Gasteiger partial charge in [-0.25, -0.2) is 0 Å². The summed E-state index contributed by atoms with van der Waals surface area (Å²) < 4.78 is 41.3. The molecule has 12 heteroatoms. The van der Waals surface area contributed by atoms with Gasteiger partial charge >= 0.3 is 0 Å². The van der Waals surface area contributed by atoms with E-state index >= 15 is 0 Å². The van der Waals surface area contributed by atoms with Crippen molar-refractivity contribution in [1.29, 1.82) is 0 Å². The van der Waals surface area contributed by atoms with Crippen molar-refractivity contribution in [2.24, 2.45) is 0 Å². The first-order valence-electron chi connectivity index (χ1n) is 10.8. The lowest BCUT2D eigenvalue weighted by atomic mass is 10.3. The van der Waals surface area contributed by atoms with Gasteiger partial charge in [0.2, 0.25) is 12.6 Å². The molecule has 0 atom stereocenters. The van der Waals surface area contributed by atoms with Gasteiger partial charge in [0.1, 0.15) is 12.5 Å². The first-order valence-corrected chi connectivity index (χ1v) is 12.4. The van der Waals surface area contributed by atoms with Crippen molar-refractivity contribution < 1.29 is 46.2 Å². The van der Waals surface area contributed by atoms with E-state index in [0.717, 1.165) is 20.1 Å². The third-order valence-electron chi connectivity index (χ3n) is 4.23. The number of carbonyl (C=O) groups is 2. The van der Waals surface area contributed by atoms with Gasteiger partial charge in [-0.15, -0.1) is 0 Å². The molecule has 4 aromatic heterocycles. The van der Waals surface area contributed by atoms with E-state index in [1.807, 2.05) is 19.9 Å². The minimum atomic E-state index is -0.415. The zero-order valence-corrected chi connectivity index (χ0v) is 24.9. The van der Waals surface area contributed by atoms with Crippen molar-refractivity contribution in [3.63, 3.8) is 0 Å². The molecule has 4 heterocycles. The molecule has 0 fully saturated rings. The van der Waals surface area contributed by atoms with Gasteiger partial charge in [0.25, 0.3) is 0 Å². The lowest BCUT2D eigenvalue weighted by Crippen LogP contribution is -2.01. The number of ether oxygens (including phenoxy) is 4. The molecule has 4 rings (SSSR count). The number of carbonyl (C=O) groups excluding carboxylic acids is 2. The van der Waals surface area contributed by atoms with Gasteiger partial charge in [-0.05, 0) is 75.0 Å². The molecule has 0 aliphatic carbocycles. The lowest BCUT2D eigenvalue weighted by molar-refractivity contribution is -0.117. The number of methoxy groups -OCH3 is 4. The van der Waals surface area contributed by atoms with Crippen molar-refractivity contribution in [2.45, 2.75) is 26.4 Å². The molecule has 208 valence electrons. The zero-order chi connectivity index (χ0) is 28.5. The SMILES string of the molecule is COC(OC)c1cc(Br)co1.COC(OC)c1cc(C)co1.Cc1coc(C=O)c1.O=Cc1cc(Br)co1. The van der Waals surface area contributed by atoms with Gasteiger partial charge in [0.15, 0.2) is 35.6 Å².